The Hall–Kier alpha value is -4.04. The molecule has 4 N–H and O–H groups in total. The number of hydrogen-bond acceptors (Lipinski definition) is 11. The third kappa shape index (κ3) is 5.04. The molecule has 12 nitrogen and oxygen atoms in total. The summed E-state index contributed by atoms with van der Waals surface area (Å²) in [7, 11) is 0. The van der Waals surface area contributed by atoms with Crippen LogP contribution in [0.2, 0.25) is 0 Å². The van der Waals surface area contributed by atoms with Gasteiger partial charge in [-0.15, -0.1) is 5.10 Å². The third-order valence-corrected chi connectivity index (χ3v) is 6.69. The first kappa shape index (κ1) is 24.3. The smallest absolute Gasteiger partial charge is 0.259 e. The van der Waals surface area contributed by atoms with Crippen LogP contribution in [0.15, 0.2) is 41.0 Å². The standard InChI is InChI=1S/C24H28F2N10O2/c25-16-12-15(38-20-14-28-13-17(20)26)3-4-18(16)35-9-7-34(8-10-35)6-5-29-23-31-22(27)36-24(32-23)30-21(33-36)19-2-1-11-37-19/h1-4,11-12,17,20,28H,5-10,13-14H2,(H3,27,29,30,31,32,33)/t17-,20+/m1/s1. The molecule has 3 aromatic heterocycles. The lowest BCUT2D eigenvalue weighted by molar-refractivity contribution is 0.139. The summed E-state index contributed by atoms with van der Waals surface area (Å²) >= 11 is 0. The number of nitrogens with two attached hydrogens (primary N) is 1. The number of halogens is 2. The number of piperazine rings is 1. The van der Waals surface area contributed by atoms with E-state index < -0.39 is 12.3 Å². The van der Waals surface area contributed by atoms with Crippen molar-refractivity contribution < 1.29 is 17.9 Å². The van der Waals surface area contributed by atoms with Crippen molar-refractivity contribution >= 4 is 23.4 Å². The van der Waals surface area contributed by atoms with E-state index in [1.165, 1.54) is 10.6 Å². The van der Waals surface area contributed by atoms with Gasteiger partial charge in [0.05, 0.1) is 12.0 Å². The van der Waals surface area contributed by atoms with Gasteiger partial charge >= 0.3 is 0 Å². The van der Waals surface area contributed by atoms with Crippen LogP contribution in [0, 0.1) is 5.82 Å². The Kier molecular flexibility index (Phi) is 6.64. The van der Waals surface area contributed by atoms with Crippen LogP contribution < -0.4 is 26.0 Å². The van der Waals surface area contributed by atoms with Gasteiger partial charge in [-0.1, -0.05) is 0 Å². The van der Waals surface area contributed by atoms with Gasteiger partial charge in [0.1, 0.15) is 17.7 Å². The summed E-state index contributed by atoms with van der Waals surface area (Å²) in [6.07, 6.45) is -0.130. The minimum Gasteiger partial charge on any atom is -0.486 e. The lowest BCUT2D eigenvalue weighted by Crippen LogP contribution is -2.48. The van der Waals surface area contributed by atoms with Crippen LogP contribution in [0.1, 0.15) is 0 Å². The van der Waals surface area contributed by atoms with Gasteiger partial charge in [-0.2, -0.15) is 19.5 Å². The van der Waals surface area contributed by atoms with Gasteiger partial charge in [0, 0.05) is 58.4 Å². The highest BCUT2D eigenvalue weighted by molar-refractivity contribution is 5.53. The molecule has 0 bridgehead atoms. The fraction of sp³-hybridized carbons (Fsp3) is 0.417. The number of furan rings is 1. The molecule has 14 heteroatoms. The van der Waals surface area contributed by atoms with Crippen LogP contribution in [0.3, 0.4) is 0 Å². The molecule has 5 heterocycles. The Morgan fingerprint density at radius 1 is 1.13 bits per heavy atom. The lowest BCUT2D eigenvalue weighted by atomic mass is 10.2. The van der Waals surface area contributed by atoms with Crippen LogP contribution in [-0.2, 0) is 0 Å². The maximum absolute atomic E-state index is 14.8. The highest BCUT2D eigenvalue weighted by Gasteiger charge is 2.29. The monoisotopic (exact) mass is 526 g/mol. The van der Waals surface area contributed by atoms with Gasteiger partial charge in [0.25, 0.3) is 5.78 Å². The summed E-state index contributed by atoms with van der Waals surface area (Å²) in [4.78, 5) is 17.3. The number of nitrogens with one attached hydrogen (secondary N) is 2. The number of aromatic nitrogens is 5. The van der Waals surface area contributed by atoms with Crippen molar-refractivity contribution in [2.75, 3.05) is 68.3 Å². The summed E-state index contributed by atoms with van der Waals surface area (Å²) in [5.41, 5.74) is 6.57. The van der Waals surface area contributed by atoms with Crippen molar-refractivity contribution in [3.63, 3.8) is 0 Å². The Morgan fingerprint density at radius 3 is 2.74 bits per heavy atom. The minimum atomic E-state index is -1.09. The molecule has 2 fully saturated rings. The molecule has 2 atom stereocenters. The van der Waals surface area contributed by atoms with Crippen molar-refractivity contribution in [3.05, 3.63) is 42.4 Å². The van der Waals surface area contributed by atoms with Gasteiger partial charge in [0.15, 0.2) is 11.9 Å². The fourth-order valence-electron chi connectivity index (χ4n) is 4.66. The number of rotatable bonds is 8. The first-order chi connectivity index (χ1) is 18.5. The quantitative estimate of drug-likeness (QED) is 0.308. The van der Waals surface area contributed by atoms with E-state index in [2.05, 4.69) is 35.6 Å². The van der Waals surface area contributed by atoms with E-state index in [0.29, 0.717) is 60.9 Å². The van der Waals surface area contributed by atoms with E-state index >= 15 is 0 Å². The number of anilines is 3. The summed E-state index contributed by atoms with van der Waals surface area (Å²) < 4.78 is 40.9. The Morgan fingerprint density at radius 2 is 2.00 bits per heavy atom. The van der Waals surface area contributed by atoms with E-state index in [1.54, 1.807) is 30.5 Å². The molecule has 200 valence electrons. The summed E-state index contributed by atoms with van der Waals surface area (Å²) in [5.74, 6) is 1.73. The molecule has 0 aliphatic carbocycles. The average molecular weight is 527 g/mol. The molecule has 2 aliphatic rings. The summed E-state index contributed by atoms with van der Waals surface area (Å²) in [6, 6.07) is 8.26. The molecule has 4 aromatic rings. The van der Waals surface area contributed by atoms with Crippen molar-refractivity contribution in [2.24, 2.45) is 0 Å². The fourth-order valence-corrected chi connectivity index (χ4v) is 4.66. The van der Waals surface area contributed by atoms with Crippen LogP contribution >= 0.6 is 0 Å². The molecule has 0 unspecified atom stereocenters. The molecule has 2 aliphatic heterocycles. The topological polar surface area (TPSA) is 135 Å². The Labute approximate surface area is 216 Å². The number of nitrogens with zero attached hydrogens (tertiary/aromatic N) is 7. The Balaban J connectivity index is 0.998. The highest BCUT2D eigenvalue weighted by Crippen LogP contribution is 2.27. The highest BCUT2D eigenvalue weighted by atomic mass is 19.1. The van der Waals surface area contributed by atoms with Gasteiger partial charge in [-0.3, -0.25) is 4.90 Å². The van der Waals surface area contributed by atoms with E-state index in [4.69, 9.17) is 14.9 Å². The molecule has 0 amide bonds. The Bertz CT molecular complexity index is 1390. The van der Waals surface area contributed by atoms with Crippen molar-refractivity contribution in [3.8, 4) is 17.3 Å². The lowest BCUT2D eigenvalue weighted by Gasteiger charge is -2.36. The maximum atomic E-state index is 14.8. The second kappa shape index (κ2) is 10.4. The second-order valence-corrected chi connectivity index (χ2v) is 9.23. The largest absolute Gasteiger partial charge is 0.486 e. The molecular weight excluding hydrogens is 498 g/mol. The predicted molar refractivity (Wildman–Crippen MR) is 136 cm³/mol. The molecule has 1 aromatic carbocycles. The number of benzene rings is 1. The zero-order valence-corrected chi connectivity index (χ0v) is 20.6. The number of fused-ring (bicyclic) bond motifs is 1. The van der Waals surface area contributed by atoms with Gasteiger partial charge in [0.2, 0.25) is 17.7 Å². The van der Waals surface area contributed by atoms with Gasteiger partial charge in [-0.05, 0) is 24.3 Å². The zero-order valence-electron chi connectivity index (χ0n) is 20.6. The molecule has 6 rings (SSSR count). The average Bonchev–Trinajstić information content (AvgIpc) is 3.67. The zero-order chi connectivity index (χ0) is 26.1. The number of nitrogen functional groups attached to an aromatic ring is 1. The van der Waals surface area contributed by atoms with Gasteiger partial charge < -0.3 is 30.4 Å². The summed E-state index contributed by atoms with van der Waals surface area (Å²) in [6.45, 7) is 4.94. The first-order valence-corrected chi connectivity index (χ1v) is 12.5. The van der Waals surface area contributed by atoms with E-state index in [-0.39, 0.29) is 18.3 Å². The molecular formula is C24H28F2N10O2. The number of ether oxygens (including phenoxy) is 1. The number of hydrogen-bond donors (Lipinski definition) is 3. The molecule has 0 saturated carbocycles. The molecule has 0 spiro atoms. The number of alkyl halides is 1. The molecule has 38 heavy (non-hydrogen) atoms. The molecule has 2 saturated heterocycles. The van der Waals surface area contributed by atoms with Crippen LogP contribution in [-0.4, -0.2) is 94.1 Å². The molecule has 0 radical (unpaired) electrons. The van der Waals surface area contributed by atoms with E-state index in [1.807, 2.05) is 4.90 Å². The third-order valence-electron chi connectivity index (χ3n) is 6.69. The minimum absolute atomic E-state index is 0.166. The van der Waals surface area contributed by atoms with Gasteiger partial charge in [-0.25, -0.2) is 8.78 Å². The van der Waals surface area contributed by atoms with E-state index in [0.717, 1.165) is 19.6 Å². The van der Waals surface area contributed by atoms with E-state index in [9.17, 15) is 8.78 Å². The summed E-state index contributed by atoms with van der Waals surface area (Å²) in [5, 5.41) is 10.4. The second-order valence-electron chi connectivity index (χ2n) is 9.23. The van der Waals surface area contributed by atoms with Crippen molar-refractivity contribution in [2.45, 2.75) is 12.3 Å². The van der Waals surface area contributed by atoms with Crippen LogP contribution in [0.4, 0.5) is 26.4 Å². The van der Waals surface area contributed by atoms with Crippen molar-refractivity contribution in [1.82, 2.24) is 34.8 Å². The predicted octanol–water partition coefficient (Wildman–Crippen LogP) is 1.42. The first-order valence-electron chi connectivity index (χ1n) is 12.5. The van der Waals surface area contributed by atoms with Crippen molar-refractivity contribution in [1.29, 1.82) is 0 Å². The van der Waals surface area contributed by atoms with Crippen LogP contribution in [0.5, 0.6) is 5.75 Å². The maximum Gasteiger partial charge on any atom is 0.259 e. The van der Waals surface area contributed by atoms with Crippen LogP contribution in [0.25, 0.3) is 17.4 Å². The SMILES string of the molecule is Nc1nc(NCCN2CCN(c3ccc(O[C@H]4CNC[C@H]4F)cc3F)CC2)nc2nc(-c3ccco3)nn12. The normalized spacial score (nSPS) is 20.3.